The van der Waals surface area contributed by atoms with Crippen molar-refractivity contribution in [1.29, 1.82) is 0 Å². The predicted molar refractivity (Wildman–Crippen MR) is 81.3 cm³/mol. The second kappa shape index (κ2) is 8.00. The molecule has 0 aliphatic heterocycles. The van der Waals surface area contributed by atoms with E-state index in [-0.39, 0.29) is 5.60 Å². The van der Waals surface area contributed by atoms with Crippen LogP contribution in [0.4, 0.5) is 0 Å². The summed E-state index contributed by atoms with van der Waals surface area (Å²) >= 11 is 0. The zero-order valence-electron chi connectivity index (χ0n) is 13.2. The third-order valence-corrected chi connectivity index (χ3v) is 2.77. The van der Waals surface area contributed by atoms with Crippen molar-refractivity contribution in [2.75, 3.05) is 20.3 Å². The van der Waals surface area contributed by atoms with Gasteiger partial charge in [0.1, 0.15) is 18.4 Å². The molecule has 0 aliphatic rings. The monoisotopic (exact) mass is 295 g/mol. The second-order valence-electron chi connectivity index (χ2n) is 5.79. The number of methoxy groups -OCH3 is 1. The molecule has 0 bridgehead atoms. The minimum Gasteiger partial charge on any atom is -0.491 e. The molecule has 21 heavy (non-hydrogen) atoms. The maximum absolute atomic E-state index is 11.3. The number of benzene rings is 1. The van der Waals surface area contributed by atoms with Crippen molar-refractivity contribution in [1.82, 2.24) is 0 Å². The molecule has 5 heteroatoms. The Hall–Kier alpha value is -1.59. The van der Waals surface area contributed by atoms with E-state index in [0.29, 0.717) is 19.6 Å². The highest BCUT2D eigenvalue weighted by atomic mass is 16.5. The molecule has 0 radical (unpaired) electrons. The molecule has 0 aromatic heterocycles. The van der Waals surface area contributed by atoms with Crippen LogP contribution in [0, 0.1) is 0 Å². The van der Waals surface area contributed by atoms with E-state index in [1.807, 2.05) is 45.0 Å². The smallest absolute Gasteiger partial charge is 0.322 e. The summed E-state index contributed by atoms with van der Waals surface area (Å²) in [6.45, 7) is 7.06. The lowest BCUT2D eigenvalue weighted by Crippen LogP contribution is -2.33. The van der Waals surface area contributed by atoms with Gasteiger partial charge in [0.2, 0.25) is 0 Å². The van der Waals surface area contributed by atoms with Gasteiger partial charge in [0.05, 0.1) is 19.3 Å². The number of carbonyl (C=O) groups excluding carboxylic acids is 1. The molecule has 1 aromatic rings. The Bertz CT molecular complexity index is 437. The SMILES string of the molecule is COC(=O)C(N)Cc1ccc(OCCOC(C)(C)C)cc1. The summed E-state index contributed by atoms with van der Waals surface area (Å²) in [5.74, 6) is 0.359. The standard InChI is InChI=1S/C16H25NO4/c1-16(2,3)21-10-9-20-13-7-5-12(6-8-13)11-14(17)15(18)19-4/h5-8,14H,9-11,17H2,1-4H3. The molecule has 1 aromatic carbocycles. The summed E-state index contributed by atoms with van der Waals surface area (Å²) in [6, 6.07) is 6.86. The minimum absolute atomic E-state index is 0.156. The lowest BCUT2D eigenvalue weighted by molar-refractivity contribution is -0.142. The van der Waals surface area contributed by atoms with E-state index in [1.54, 1.807) is 0 Å². The number of esters is 1. The molecule has 0 saturated carbocycles. The first-order valence-corrected chi connectivity index (χ1v) is 7.01. The van der Waals surface area contributed by atoms with Crippen molar-refractivity contribution < 1.29 is 19.0 Å². The molecule has 118 valence electrons. The first kappa shape index (κ1) is 17.5. The lowest BCUT2D eigenvalue weighted by Gasteiger charge is -2.19. The van der Waals surface area contributed by atoms with Gasteiger partial charge in [-0.15, -0.1) is 0 Å². The number of rotatable bonds is 7. The van der Waals surface area contributed by atoms with Crippen LogP contribution in [0.1, 0.15) is 26.3 Å². The Morgan fingerprint density at radius 2 is 1.81 bits per heavy atom. The van der Waals surface area contributed by atoms with Crippen LogP contribution in [0.2, 0.25) is 0 Å². The third-order valence-electron chi connectivity index (χ3n) is 2.77. The zero-order chi connectivity index (χ0) is 15.9. The van der Waals surface area contributed by atoms with Crippen molar-refractivity contribution in [3.05, 3.63) is 29.8 Å². The van der Waals surface area contributed by atoms with Crippen LogP contribution < -0.4 is 10.5 Å². The molecule has 0 aliphatic carbocycles. The van der Waals surface area contributed by atoms with Gasteiger partial charge in [0.15, 0.2) is 0 Å². The Balaban J connectivity index is 2.38. The van der Waals surface area contributed by atoms with Gasteiger partial charge < -0.3 is 19.9 Å². The van der Waals surface area contributed by atoms with Gasteiger partial charge in [0, 0.05) is 0 Å². The number of hydrogen-bond acceptors (Lipinski definition) is 5. The van der Waals surface area contributed by atoms with Crippen LogP contribution in [0.3, 0.4) is 0 Å². The highest BCUT2D eigenvalue weighted by Crippen LogP contribution is 2.14. The van der Waals surface area contributed by atoms with Crippen molar-refractivity contribution >= 4 is 5.97 Å². The van der Waals surface area contributed by atoms with Crippen molar-refractivity contribution in [3.63, 3.8) is 0 Å². The van der Waals surface area contributed by atoms with E-state index < -0.39 is 12.0 Å². The fourth-order valence-corrected chi connectivity index (χ4v) is 1.72. The Kier molecular flexibility index (Phi) is 6.65. The second-order valence-corrected chi connectivity index (χ2v) is 5.79. The van der Waals surface area contributed by atoms with Gasteiger partial charge in [-0.25, -0.2) is 0 Å². The predicted octanol–water partition coefficient (Wildman–Crippen LogP) is 1.92. The van der Waals surface area contributed by atoms with E-state index in [9.17, 15) is 4.79 Å². The zero-order valence-corrected chi connectivity index (χ0v) is 13.2. The van der Waals surface area contributed by atoms with E-state index in [2.05, 4.69) is 4.74 Å². The fourth-order valence-electron chi connectivity index (χ4n) is 1.72. The maximum atomic E-state index is 11.3. The maximum Gasteiger partial charge on any atom is 0.322 e. The average molecular weight is 295 g/mol. The first-order valence-electron chi connectivity index (χ1n) is 7.01. The van der Waals surface area contributed by atoms with Gasteiger partial charge in [0.25, 0.3) is 0 Å². The summed E-state index contributed by atoms with van der Waals surface area (Å²) < 4.78 is 15.8. The third kappa shape index (κ3) is 7.11. The summed E-state index contributed by atoms with van der Waals surface area (Å²) in [5, 5.41) is 0. The van der Waals surface area contributed by atoms with E-state index in [0.717, 1.165) is 11.3 Å². The number of hydrogen-bond donors (Lipinski definition) is 1. The number of ether oxygens (including phenoxy) is 3. The van der Waals surface area contributed by atoms with E-state index in [4.69, 9.17) is 15.2 Å². The molecular formula is C16H25NO4. The molecule has 0 heterocycles. The van der Waals surface area contributed by atoms with Gasteiger partial charge in [-0.1, -0.05) is 12.1 Å². The molecule has 1 atom stereocenters. The minimum atomic E-state index is -0.637. The molecule has 0 spiro atoms. The topological polar surface area (TPSA) is 70.8 Å². The molecule has 2 N–H and O–H groups in total. The van der Waals surface area contributed by atoms with Gasteiger partial charge in [-0.05, 0) is 44.9 Å². The highest BCUT2D eigenvalue weighted by Gasteiger charge is 2.14. The van der Waals surface area contributed by atoms with E-state index >= 15 is 0 Å². The normalized spacial score (nSPS) is 12.8. The van der Waals surface area contributed by atoms with Crippen molar-refractivity contribution in [2.24, 2.45) is 5.73 Å². The largest absolute Gasteiger partial charge is 0.491 e. The molecule has 5 nitrogen and oxygen atoms in total. The van der Waals surface area contributed by atoms with Crippen LogP contribution in [-0.4, -0.2) is 37.9 Å². The van der Waals surface area contributed by atoms with E-state index in [1.165, 1.54) is 7.11 Å². The van der Waals surface area contributed by atoms with Crippen LogP contribution >= 0.6 is 0 Å². The van der Waals surface area contributed by atoms with Crippen molar-refractivity contribution in [2.45, 2.75) is 38.8 Å². The van der Waals surface area contributed by atoms with Crippen LogP contribution in [0.25, 0.3) is 0 Å². The summed E-state index contributed by atoms with van der Waals surface area (Å²) in [7, 11) is 1.33. The van der Waals surface area contributed by atoms with Crippen LogP contribution in [0.5, 0.6) is 5.75 Å². The molecule has 0 amide bonds. The summed E-state index contributed by atoms with van der Waals surface area (Å²) in [6.07, 6.45) is 0.445. The molecule has 1 rings (SSSR count). The van der Waals surface area contributed by atoms with Gasteiger partial charge >= 0.3 is 5.97 Å². The Morgan fingerprint density at radius 1 is 1.19 bits per heavy atom. The average Bonchev–Trinajstić information content (AvgIpc) is 2.43. The fraction of sp³-hybridized carbons (Fsp3) is 0.562. The Morgan fingerprint density at radius 3 is 2.33 bits per heavy atom. The van der Waals surface area contributed by atoms with Crippen LogP contribution in [0.15, 0.2) is 24.3 Å². The molecule has 0 fully saturated rings. The first-order chi connectivity index (χ1) is 9.81. The number of nitrogens with two attached hydrogens (primary N) is 1. The Labute approximate surface area is 126 Å². The van der Waals surface area contributed by atoms with Gasteiger partial charge in [-0.3, -0.25) is 4.79 Å². The van der Waals surface area contributed by atoms with Gasteiger partial charge in [-0.2, -0.15) is 0 Å². The molecule has 0 saturated heterocycles. The summed E-state index contributed by atoms with van der Waals surface area (Å²) in [5.41, 5.74) is 6.52. The molecular weight excluding hydrogens is 270 g/mol. The quantitative estimate of drug-likeness (QED) is 0.615. The van der Waals surface area contributed by atoms with Crippen LogP contribution in [-0.2, 0) is 20.7 Å². The van der Waals surface area contributed by atoms with Crippen molar-refractivity contribution in [3.8, 4) is 5.75 Å². The highest BCUT2D eigenvalue weighted by molar-refractivity contribution is 5.75. The lowest BCUT2D eigenvalue weighted by atomic mass is 10.1. The molecule has 1 unspecified atom stereocenters. The summed E-state index contributed by atoms with van der Waals surface area (Å²) in [4.78, 5) is 11.3. The number of carbonyl (C=O) groups is 1.